The third-order valence-electron chi connectivity index (χ3n) is 2.13. The van der Waals surface area contributed by atoms with Gasteiger partial charge in [-0.25, -0.2) is 4.98 Å². The van der Waals surface area contributed by atoms with Crippen molar-refractivity contribution in [2.45, 2.75) is 13.3 Å². The summed E-state index contributed by atoms with van der Waals surface area (Å²) in [4.78, 5) is 19.2. The lowest BCUT2D eigenvalue weighted by molar-refractivity contribution is 0.0995. The van der Waals surface area contributed by atoms with Gasteiger partial charge in [-0.3, -0.25) is 9.78 Å². The lowest BCUT2D eigenvalue weighted by atomic mass is 10.1. The molecule has 0 radical (unpaired) electrons. The summed E-state index contributed by atoms with van der Waals surface area (Å²) in [6.07, 6.45) is 2.29. The van der Waals surface area contributed by atoms with E-state index in [-0.39, 0.29) is 0 Å². The topological polar surface area (TPSA) is 68.9 Å². The Morgan fingerprint density at radius 1 is 1.56 bits per heavy atom. The van der Waals surface area contributed by atoms with Crippen LogP contribution in [0.2, 0.25) is 0 Å². The molecule has 16 heavy (non-hydrogen) atoms. The zero-order valence-electron chi connectivity index (χ0n) is 8.80. The predicted octanol–water partition coefficient (Wildman–Crippen LogP) is 1.54. The maximum absolute atomic E-state index is 11.0. The zero-order valence-corrected chi connectivity index (χ0v) is 9.62. The largest absolute Gasteiger partial charge is 0.364 e. The van der Waals surface area contributed by atoms with E-state index in [4.69, 9.17) is 5.73 Å². The Morgan fingerprint density at radius 3 is 3.00 bits per heavy atom. The number of nitrogens with two attached hydrogens (primary N) is 1. The van der Waals surface area contributed by atoms with E-state index >= 15 is 0 Å². The number of aryl methyl sites for hydroxylation is 1. The van der Waals surface area contributed by atoms with E-state index in [9.17, 15) is 4.79 Å². The van der Waals surface area contributed by atoms with Crippen LogP contribution in [0.4, 0.5) is 0 Å². The Morgan fingerprint density at radius 2 is 2.38 bits per heavy atom. The molecule has 0 unspecified atom stereocenters. The van der Waals surface area contributed by atoms with Crippen LogP contribution in [-0.2, 0) is 6.42 Å². The molecule has 0 aliphatic heterocycles. The number of thiazole rings is 1. The molecule has 0 saturated carbocycles. The fourth-order valence-corrected chi connectivity index (χ4v) is 2.03. The number of carbonyl (C=O) groups is 1. The van der Waals surface area contributed by atoms with Crippen LogP contribution in [0.15, 0.2) is 23.7 Å². The second-order valence-corrected chi connectivity index (χ2v) is 4.51. The van der Waals surface area contributed by atoms with Crippen molar-refractivity contribution >= 4 is 17.2 Å². The molecule has 0 aliphatic carbocycles. The summed E-state index contributed by atoms with van der Waals surface area (Å²) in [6.45, 7) is 1.97. The molecule has 5 heteroatoms. The molecule has 0 fully saturated rings. The summed E-state index contributed by atoms with van der Waals surface area (Å²) in [6, 6.07) is 3.57. The van der Waals surface area contributed by atoms with Gasteiger partial charge in [0.25, 0.3) is 5.91 Å². The van der Waals surface area contributed by atoms with Crippen molar-refractivity contribution in [1.82, 2.24) is 9.97 Å². The second-order valence-electron chi connectivity index (χ2n) is 3.45. The van der Waals surface area contributed by atoms with E-state index < -0.39 is 5.91 Å². The van der Waals surface area contributed by atoms with E-state index in [1.54, 1.807) is 23.6 Å². The maximum Gasteiger partial charge on any atom is 0.267 e. The number of primary amides is 1. The van der Waals surface area contributed by atoms with Gasteiger partial charge in [0.2, 0.25) is 0 Å². The Balaban J connectivity index is 2.21. The van der Waals surface area contributed by atoms with Crippen molar-refractivity contribution in [2.75, 3.05) is 0 Å². The minimum absolute atomic E-state index is 0.296. The number of nitrogens with zero attached hydrogens (tertiary/aromatic N) is 2. The van der Waals surface area contributed by atoms with Crippen LogP contribution < -0.4 is 5.73 Å². The Hall–Kier alpha value is -1.75. The smallest absolute Gasteiger partial charge is 0.267 e. The summed E-state index contributed by atoms with van der Waals surface area (Å²) in [5.74, 6) is -0.503. The minimum atomic E-state index is -0.503. The molecule has 0 aliphatic rings. The molecular weight excluding hydrogens is 222 g/mol. The average molecular weight is 233 g/mol. The molecule has 4 nitrogen and oxygen atoms in total. The third kappa shape index (κ3) is 2.43. The highest BCUT2D eigenvalue weighted by Gasteiger charge is 2.05. The molecule has 0 atom stereocenters. The van der Waals surface area contributed by atoms with Gasteiger partial charge in [0.1, 0.15) is 5.69 Å². The van der Waals surface area contributed by atoms with Crippen molar-refractivity contribution in [2.24, 2.45) is 5.73 Å². The van der Waals surface area contributed by atoms with Gasteiger partial charge in [0, 0.05) is 18.0 Å². The van der Waals surface area contributed by atoms with Crippen molar-refractivity contribution in [1.29, 1.82) is 0 Å². The standard InChI is InChI=1S/C11H11N3OS/c1-7-14-9(6-16-7)4-8-2-3-13-10(5-8)11(12)15/h2-3,5-6H,4H2,1H3,(H2,12,15). The first kappa shape index (κ1) is 10.8. The molecule has 82 valence electrons. The number of rotatable bonds is 3. The van der Waals surface area contributed by atoms with Crippen LogP contribution in [0.5, 0.6) is 0 Å². The zero-order chi connectivity index (χ0) is 11.5. The molecule has 0 saturated heterocycles. The van der Waals surface area contributed by atoms with E-state index in [1.807, 2.05) is 18.4 Å². The van der Waals surface area contributed by atoms with Crippen LogP contribution in [0.25, 0.3) is 0 Å². The van der Waals surface area contributed by atoms with E-state index in [0.29, 0.717) is 12.1 Å². The van der Waals surface area contributed by atoms with Gasteiger partial charge >= 0.3 is 0 Å². The SMILES string of the molecule is Cc1nc(Cc2ccnc(C(N)=O)c2)cs1. The van der Waals surface area contributed by atoms with Crippen LogP contribution in [0.1, 0.15) is 26.8 Å². The van der Waals surface area contributed by atoms with Gasteiger partial charge in [0.15, 0.2) is 0 Å². The van der Waals surface area contributed by atoms with Gasteiger partial charge < -0.3 is 5.73 Å². The number of carbonyl (C=O) groups excluding carboxylic acids is 1. The fourth-order valence-electron chi connectivity index (χ4n) is 1.42. The minimum Gasteiger partial charge on any atom is -0.364 e. The Labute approximate surface area is 97.2 Å². The predicted molar refractivity (Wildman–Crippen MR) is 62.4 cm³/mol. The quantitative estimate of drug-likeness (QED) is 0.874. The highest BCUT2D eigenvalue weighted by Crippen LogP contribution is 2.13. The summed E-state index contributed by atoms with van der Waals surface area (Å²) in [7, 11) is 0. The van der Waals surface area contributed by atoms with E-state index in [1.165, 1.54) is 0 Å². The summed E-state index contributed by atoms with van der Waals surface area (Å²) < 4.78 is 0. The Bertz CT molecular complexity index is 521. The lowest BCUT2D eigenvalue weighted by Gasteiger charge is -1.99. The number of hydrogen-bond acceptors (Lipinski definition) is 4. The summed E-state index contributed by atoms with van der Waals surface area (Å²) >= 11 is 1.62. The van der Waals surface area contributed by atoms with Gasteiger partial charge in [-0.05, 0) is 24.6 Å². The molecule has 0 aromatic carbocycles. The van der Waals surface area contributed by atoms with Gasteiger partial charge in [-0.1, -0.05) is 0 Å². The van der Waals surface area contributed by atoms with Crippen molar-refractivity contribution in [3.05, 3.63) is 45.7 Å². The normalized spacial score (nSPS) is 10.3. The van der Waals surface area contributed by atoms with Crippen LogP contribution in [0, 0.1) is 6.92 Å². The highest BCUT2D eigenvalue weighted by molar-refractivity contribution is 7.09. The highest BCUT2D eigenvalue weighted by atomic mass is 32.1. The van der Waals surface area contributed by atoms with Gasteiger partial charge in [-0.2, -0.15) is 0 Å². The summed E-state index contributed by atoms with van der Waals surface area (Å²) in [5, 5.41) is 3.05. The maximum atomic E-state index is 11.0. The molecule has 1 amide bonds. The average Bonchev–Trinajstić information content (AvgIpc) is 2.64. The first-order valence-electron chi connectivity index (χ1n) is 4.81. The summed E-state index contributed by atoms with van der Waals surface area (Å²) in [5.41, 5.74) is 7.46. The molecule has 2 N–H and O–H groups in total. The molecule has 2 aromatic rings. The molecule has 0 spiro atoms. The number of pyridine rings is 1. The first-order valence-corrected chi connectivity index (χ1v) is 5.69. The van der Waals surface area contributed by atoms with E-state index in [2.05, 4.69) is 9.97 Å². The Kier molecular flexibility index (Phi) is 2.96. The van der Waals surface area contributed by atoms with Crippen LogP contribution in [0.3, 0.4) is 0 Å². The molecule has 2 aromatic heterocycles. The first-order chi connectivity index (χ1) is 7.65. The number of amides is 1. The van der Waals surface area contributed by atoms with Gasteiger partial charge in [-0.15, -0.1) is 11.3 Å². The number of hydrogen-bond donors (Lipinski definition) is 1. The van der Waals surface area contributed by atoms with E-state index in [0.717, 1.165) is 16.3 Å². The molecule has 2 heterocycles. The molecule has 0 bridgehead atoms. The number of aromatic nitrogens is 2. The van der Waals surface area contributed by atoms with Crippen molar-refractivity contribution in [3.63, 3.8) is 0 Å². The van der Waals surface area contributed by atoms with Crippen molar-refractivity contribution < 1.29 is 4.79 Å². The van der Waals surface area contributed by atoms with Crippen molar-refractivity contribution in [3.8, 4) is 0 Å². The van der Waals surface area contributed by atoms with Crippen LogP contribution in [-0.4, -0.2) is 15.9 Å². The lowest BCUT2D eigenvalue weighted by Crippen LogP contribution is -2.13. The molecular formula is C11H11N3OS. The molecule has 2 rings (SSSR count). The third-order valence-corrected chi connectivity index (χ3v) is 2.95. The second kappa shape index (κ2) is 4.40. The van der Waals surface area contributed by atoms with Gasteiger partial charge in [0.05, 0.1) is 10.7 Å². The fraction of sp³-hybridized carbons (Fsp3) is 0.182. The van der Waals surface area contributed by atoms with Crippen LogP contribution >= 0.6 is 11.3 Å². The monoisotopic (exact) mass is 233 g/mol.